The maximum absolute atomic E-state index is 4.39. The quantitative estimate of drug-likeness (QED) is 0.256. The summed E-state index contributed by atoms with van der Waals surface area (Å²) in [6.45, 7) is 14.7. The first-order valence-corrected chi connectivity index (χ1v) is 9.43. The average Bonchev–Trinajstić information content (AvgIpc) is 2.59. The molecule has 24 heavy (non-hydrogen) atoms. The standard InChI is InChI=1S/C16H38N8/c1-2-18-5-6-20-9-10-22-13-14-24-16-15-23-12-11-21-8-7-19-4-3-17-1/h1,18-24H,2-16H2. The van der Waals surface area contributed by atoms with Gasteiger partial charge in [0.1, 0.15) is 0 Å². The zero-order valence-corrected chi connectivity index (χ0v) is 15.1. The van der Waals surface area contributed by atoms with E-state index in [1.807, 2.05) is 6.21 Å². The third-order valence-corrected chi connectivity index (χ3v) is 3.65. The van der Waals surface area contributed by atoms with E-state index in [4.69, 9.17) is 0 Å². The van der Waals surface area contributed by atoms with Gasteiger partial charge in [0.2, 0.25) is 0 Å². The van der Waals surface area contributed by atoms with Crippen LogP contribution in [0.2, 0.25) is 0 Å². The Bertz CT molecular complexity index is 249. The molecular formula is C16H38N8. The van der Waals surface area contributed by atoms with Crippen LogP contribution in [0.25, 0.3) is 0 Å². The van der Waals surface area contributed by atoms with Crippen LogP contribution in [0.4, 0.5) is 0 Å². The second-order valence-electron chi connectivity index (χ2n) is 5.79. The first kappa shape index (κ1) is 21.4. The molecule has 0 bridgehead atoms. The molecule has 1 aliphatic rings. The van der Waals surface area contributed by atoms with Crippen LogP contribution in [0, 0.1) is 0 Å². The highest BCUT2D eigenvalue weighted by Crippen LogP contribution is 1.69. The molecule has 0 aromatic carbocycles. The van der Waals surface area contributed by atoms with Crippen LogP contribution >= 0.6 is 0 Å². The Morgan fingerprint density at radius 1 is 0.417 bits per heavy atom. The maximum atomic E-state index is 4.39. The number of hydrogen-bond acceptors (Lipinski definition) is 8. The minimum atomic E-state index is 0.847. The van der Waals surface area contributed by atoms with Crippen molar-refractivity contribution in [2.75, 3.05) is 98.2 Å². The minimum absolute atomic E-state index is 0.847. The molecule has 0 radical (unpaired) electrons. The van der Waals surface area contributed by atoms with Gasteiger partial charge in [0.15, 0.2) is 0 Å². The van der Waals surface area contributed by atoms with Gasteiger partial charge in [-0.3, -0.25) is 4.99 Å². The Balaban J connectivity index is 2.05. The Morgan fingerprint density at radius 2 is 0.750 bits per heavy atom. The van der Waals surface area contributed by atoms with Crippen LogP contribution in [-0.2, 0) is 0 Å². The van der Waals surface area contributed by atoms with Gasteiger partial charge in [0.05, 0.1) is 6.54 Å². The second-order valence-corrected chi connectivity index (χ2v) is 5.79. The molecule has 1 rings (SSSR count). The summed E-state index contributed by atoms with van der Waals surface area (Å²) in [5.74, 6) is 0. The molecule has 0 unspecified atom stereocenters. The smallest absolute Gasteiger partial charge is 0.0510 e. The first-order chi connectivity index (χ1) is 12.0. The van der Waals surface area contributed by atoms with Crippen LogP contribution in [0.15, 0.2) is 4.99 Å². The summed E-state index contributed by atoms with van der Waals surface area (Å²) in [6, 6.07) is 0. The minimum Gasteiger partial charge on any atom is -0.314 e. The molecule has 7 N–H and O–H groups in total. The van der Waals surface area contributed by atoms with Gasteiger partial charge in [-0.15, -0.1) is 0 Å². The van der Waals surface area contributed by atoms with Crippen molar-refractivity contribution in [2.45, 2.75) is 0 Å². The first-order valence-electron chi connectivity index (χ1n) is 9.43. The average molecular weight is 343 g/mol. The molecule has 0 saturated carbocycles. The molecule has 0 aliphatic carbocycles. The fourth-order valence-corrected chi connectivity index (χ4v) is 2.28. The van der Waals surface area contributed by atoms with Crippen molar-refractivity contribution in [2.24, 2.45) is 4.99 Å². The van der Waals surface area contributed by atoms with Gasteiger partial charge in [0.25, 0.3) is 0 Å². The Hall–Kier alpha value is -0.610. The van der Waals surface area contributed by atoms with Crippen LogP contribution in [0.5, 0.6) is 0 Å². The number of hydrogen-bond donors (Lipinski definition) is 7. The van der Waals surface area contributed by atoms with Gasteiger partial charge in [-0.05, 0) is 0 Å². The fraction of sp³-hybridized carbons (Fsp3) is 0.938. The summed E-state index contributed by atoms with van der Waals surface area (Å²) in [5.41, 5.74) is 0. The predicted molar refractivity (Wildman–Crippen MR) is 103 cm³/mol. The van der Waals surface area contributed by atoms with Gasteiger partial charge < -0.3 is 37.2 Å². The topological polar surface area (TPSA) is 96.6 Å². The summed E-state index contributed by atoms with van der Waals surface area (Å²) < 4.78 is 0. The van der Waals surface area contributed by atoms with Crippen molar-refractivity contribution in [3.63, 3.8) is 0 Å². The van der Waals surface area contributed by atoms with E-state index >= 15 is 0 Å². The number of nitrogens with one attached hydrogen (secondary N) is 7. The van der Waals surface area contributed by atoms with Crippen LogP contribution in [-0.4, -0.2) is 104 Å². The van der Waals surface area contributed by atoms with Crippen molar-refractivity contribution in [3.8, 4) is 0 Å². The summed E-state index contributed by atoms with van der Waals surface area (Å²) in [7, 11) is 0. The molecule has 0 amide bonds. The highest BCUT2D eigenvalue weighted by molar-refractivity contribution is 5.59. The van der Waals surface area contributed by atoms with Gasteiger partial charge in [-0.1, -0.05) is 0 Å². The van der Waals surface area contributed by atoms with Crippen molar-refractivity contribution in [3.05, 3.63) is 0 Å². The lowest BCUT2D eigenvalue weighted by Crippen LogP contribution is -2.38. The van der Waals surface area contributed by atoms with Gasteiger partial charge in [0, 0.05) is 97.8 Å². The summed E-state index contributed by atoms with van der Waals surface area (Å²) in [6.07, 6.45) is 1.97. The van der Waals surface area contributed by atoms with Crippen LogP contribution < -0.4 is 37.2 Å². The third kappa shape index (κ3) is 16.3. The van der Waals surface area contributed by atoms with E-state index in [1.54, 1.807) is 0 Å². The Kier molecular flexibility index (Phi) is 16.7. The molecule has 8 nitrogen and oxygen atoms in total. The molecule has 0 atom stereocenters. The van der Waals surface area contributed by atoms with Crippen molar-refractivity contribution in [1.82, 2.24) is 37.2 Å². The summed E-state index contributed by atoms with van der Waals surface area (Å²) in [5, 5.41) is 23.9. The van der Waals surface area contributed by atoms with E-state index in [-0.39, 0.29) is 0 Å². The Labute approximate surface area is 147 Å². The molecule has 1 heterocycles. The Morgan fingerprint density at radius 3 is 1.17 bits per heavy atom. The number of rotatable bonds is 0. The van der Waals surface area contributed by atoms with E-state index < -0.39 is 0 Å². The zero-order chi connectivity index (χ0) is 17.0. The highest BCUT2D eigenvalue weighted by atomic mass is 15.0. The lowest BCUT2D eigenvalue weighted by Gasteiger charge is -2.09. The largest absolute Gasteiger partial charge is 0.314 e. The highest BCUT2D eigenvalue weighted by Gasteiger charge is 1.92. The van der Waals surface area contributed by atoms with Crippen LogP contribution in [0.3, 0.4) is 0 Å². The van der Waals surface area contributed by atoms with Gasteiger partial charge in [-0.25, -0.2) is 0 Å². The van der Waals surface area contributed by atoms with Crippen LogP contribution in [0.1, 0.15) is 0 Å². The molecule has 0 saturated heterocycles. The SMILES string of the molecule is C1=NCCNCCNCCNCCNCCNCCNCCNC1. The molecule has 1 aliphatic heterocycles. The lowest BCUT2D eigenvalue weighted by molar-refractivity contribution is 0.550. The maximum Gasteiger partial charge on any atom is 0.0510 e. The van der Waals surface area contributed by atoms with Crippen molar-refractivity contribution >= 4 is 6.21 Å². The van der Waals surface area contributed by atoms with Crippen molar-refractivity contribution in [1.29, 1.82) is 0 Å². The summed E-state index contributed by atoms with van der Waals surface area (Å²) >= 11 is 0. The zero-order valence-electron chi connectivity index (χ0n) is 15.1. The summed E-state index contributed by atoms with van der Waals surface area (Å²) in [4.78, 5) is 4.39. The molecule has 142 valence electrons. The molecule has 0 aromatic rings. The fourth-order valence-electron chi connectivity index (χ4n) is 2.28. The molecule has 0 spiro atoms. The van der Waals surface area contributed by atoms with Gasteiger partial charge >= 0.3 is 0 Å². The lowest BCUT2D eigenvalue weighted by atomic mass is 10.5. The number of nitrogens with zero attached hydrogens (tertiary/aromatic N) is 1. The molecule has 8 heteroatoms. The normalized spacial score (nSPS) is 23.3. The van der Waals surface area contributed by atoms with Gasteiger partial charge in [-0.2, -0.15) is 0 Å². The monoisotopic (exact) mass is 342 g/mol. The molecule has 0 aromatic heterocycles. The van der Waals surface area contributed by atoms with E-state index in [9.17, 15) is 0 Å². The van der Waals surface area contributed by atoms with E-state index in [0.717, 1.165) is 98.2 Å². The van der Waals surface area contributed by atoms with E-state index in [0.29, 0.717) is 0 Å². The van der Waals surface area contributed by atoms with Crippen molar-refractivity contribution < 1.29 is 0 Å². The van der Waals surface area contributed by atoms with E-state index in [1.165, 1.54) is 0 Å². The molecule has 0 fully saturated rings. The number of aliphatic imine (C=N–C) groups is 1. The van der Waals surface area contributed by atoms with E-state index in [2.05, 4.69) is 42.2 Å². The third-order valence-electron chi connectivity index (χ3n) is 3.65. The molecular weight excluding hydrogens is 304 g/mol. The predicted octanol–water partition coefficient (Wildman–Crippen LogP) is -2.80. The second kappa shape index (κ2) is 18.7.